The number of aromatic nitrogens is 2. The van der Waals surface area contributed by atoms with E-state index in [1.165, 1.54) is 0 Å². The zero-order valence-corrected chi connectivity index (χ0v) is 10.5. The fourth-order valence-electron chi connectivity index (χ4n) is 1.66. The largest absolute Gasteiger partial charge is 0.394 e. The lowest BCUT2D eigenvalue weighted by molar-refractivity contribution is 0.598. The van der Waals surface area contributed by atoms with Crippen molar-refractivity contribution in [3.63, 3.8) is 0 Å². The summed E-state index contributed by atoms with van der Waals surface area (Å²) < 4.78 is 1.95. The predicted molar refractivity (Wildman–Crippen MR) is 69.6 cm³/mol. The summed E-state index contributed by atoms with van der Waals surface area (Å²) in [5, 5.41) is 7.81. The normalized spacial score (nSPS) is 12.4. The molecule has 0 amide bonds. The van der Waals surface area contributed by atoms with E-state index in [-0.39, 0.29) is 0 Å². The average Bonchev–Trinajstić information content (AvgIpc) is 2.47. The Morgan fingerprint density at radius 1 is 1.62 bits per heavy atom. The molecule has 90 valence electrons. The Balaban J connectivity index is 2.87. The molecule has 1 unspecified atom stereocenters. The maximum atomic E-state index is 6.01. The van der Waals surface area contributed by atoms with Gasteiger partial charge in [-0.15, -0.1) is 6.58 Å². The molecule has 4 heteroatoms. The number of hydrogen-bond donors (Lipinski definition) is 2. The van der Waals surface area contributed by atoms with Crippen LogP contribution in [0.25, 0.3) is 0 Å². The highest BCUT2D eigenvalue weighted by Crippen LogP contribution is 2.23. The van der Waals surface area contributed by atoms with Crippen LogP contribution in [0.1, 0.15) is 32.4 Å². The van der Waals surface area contributed by atoms with Gasteiger partial charge in [-0.05, 0) is 26.7 Å². The summed E-state index contributed by atoms with van der Waals surface area (Å²) in [6.45, 7) is 10.8. The van der Waals surface area contributed by atoms with E-state index >= 15 is 0 Å². The number of anilines is 2. The minimum Gasteiger partial charge on any atom is -0.394 e. The van der Waals surface area contributed by atoms with Crippen molar-refractivity contribution < 1.29 is 0 Å². The van der Waals surface area contributed by atoms with E-state index in [9.17, 15) is 0 Å². The molecule has 0 aliphatic heterocycles. The molecule has 1 heterocycles. The topological polar surface area (TPSA) is 55.9 Å². The maximum Gasteiger partial charge on any atom is 0.148 e. The van der Waals surface area contributed by atoms with Crippen LogP contribution in [-0.2, 0) is 6.54 Å². The first-order valence-corrected chi connectivity index (χ1v) is 5.80. The van der Waals surface area contributed by atoms with Gasteiger partial charge in [0.25, 0.3) is 0 Å². The van der Waals surface area contributed by atoms with Crippen molar-refractivity contribution >= 4 is 11.5 Å². The molecule has 0 saturated heterocycles. The number of hydrogen-bond acceptors (Lipinski definition) is 3. The summed E-state index contributed by atoms with van der Waals surface area (Å²) in [7, 11) is 0. The molecule has 1 aromatic heterocycles. The number of nitrogen functional groups attached to an aromatic ring is 1. The molecule has 16 heavy (non-hydrogen) atoms. The number of nitrogens with zero attached hydrogens (tertiary/aromatic N) is 2. The standard InChI is InChI=1S/C12H22N4/c1-5-7-9(3)14-12-11(13)10(4)15-16(12)8-6-2/h5,9,14H,1,6-8,13H2,2-4H3. The second kappa shape index (κ2) is 5.58. The third-order valence-electron chi connectivity index (χ3n) is 2.51. The molecule has 0 aliphatic carbocycles. The minimum absolute atomic E-state index is 0.325. The van der Waals surface area contributed by atoms with Gasteiger partial charge in [0.2, 0.25) is 0 Å². The van der Waals surface area contributed by atoms with Crippen molar-refractivity contribution in [1.29, 1.82) is 0 Å². The van der Waals surface area contributed by atoms with Gasteiger partial charge in [-0.1, -0.05) is 13.0 Å². The summed E-state index contributed by atoms with van der Waals surface area (Å²) in [5.74, 6) is 0.939. The second-order valence-corrected chi connectivity index (χ2v) is 4.14. The van der Waals surface area contributed by atoms with Crippen LogP contribution in [-0.4, -0.2) is 15.8 Å². The molecule has 1 aromatic rings. The van der Waals surface area contributed by atoms with E-state index in [0.717, 1.165) is 36.6 Å². The van der Waals surface area contributed by atoms with E-state index in [0.29, 0.717) is 6.04 Å². The van der Waals surface area contributed by atoms with Gasteiger partial charge in [0, 0.05) is 12.6 Å². The number of rotatable bonds is 6. The van der Waals surface area contributed by atoms with Gasteiger partial charge in [0.05, 0.1) is 11.4 Å². The second-order valence-electron chi connectivity index (χ2n) is 4.14. The molecule has 3 N–H and O–H groups in total. The van der Waals surface area contributed by atoms with Crippen LogP contribution in [0.3, 0.4) is 0 Å². The molecule has 1 atom stereocenters. The summed E-state index contributed by atoms with van der Waals surface area (Å²) >= 11 is 0. The van der Waals surface area contributed by atoms with Gasteiger partial charge in [-0.2, -0.15) is 5.10 Å². The quantitative estimate of drug-likeness (QED) is 0.727. The molecule has 0 fully saturated rings. The van der Waals surface area contributed by atoms with E-state index in [2.05, 4.69) is 30.8 Å². The van der Waals surface area contributed by atoms with Gasteiger partial charge in [0.1, 0.15) is 5.82 Å². The predicted octanol–water partition coefficient (Wildman–Crippen LogP) is 2.56. The minimum atomic E-state index is 0.325. The summed E-state index contributed by atoms with van der Waals surface area (Å²) in [5.41, 5.74) is 7.65. The average molecular weight is 222 g/mol. The Bertz CT molecular complexity index is 354. The van der Waals surface area contributed by atoms with Crippen LogP contribution in [0.2, 0.25) is 0 Å². The van der Waals surface area contributed by atoms with Gasteiger partial charge < -0.3 is 11.1 Å². The molecule has 0 radical (unpaired) electrons. The SMILES string of the molecule is C=CCC(C)Nc1c(N)c(C)nn1CCC. The van der Waals surface area contributed by atoms with E-state index < -0.39 is 0 Å². The van der Waals surface area contributed by atoms with Crippen molar-refractivity contribution in [2.45, 2.75) is 46.2 Å². The Labute approximate surface area is 97.5 Å². The van der Waals surface area contributed by atoms with Gasteiger partial charge >= 0.3 is 0 Å². The highest BCUT2D eigenvalue weighted by Gasteiger charge is 2.13. The van der Waals surface area contributed by atoms with Gasteiger partial charge in [-0.3, -0.25) is 0 Å². The van der Waals surface area contributed by atoms with Crippen LogP contribution in [0.4, 0.5) is 11.5 Å². The molecular weight excluding hydrogens is 200 g/mol. The first-order chi connectivity index (χ1) is 7.60. The number of aryl methyl sites for hydroxylation is 2. The number of nitrogens with one attached hydrogen (secondary N) is 1. The first-order valence-electron chi connectivity index (χ1n) is 5.80. The van der Waals surface area contributed by atoms with Crippen molar-refractivity contribution in [3.8, 4) is 0 Å². The Morgan fingerprint density at radius 3 is 2.88 bits per heavy atom. The van der Waals surface area contributed by atoms with Crippen LogP contribution in [0.15, 0.2) is 12.7 Å². The smallest absolute Gasteiger partial charge is 0.148 e. The molecular formula is C12H22N4. The van der Waals surface area contributed by atoms with E-state index in [1.54, 1.807) is 0 Å². The Kier molecular flexibility index (Phi) is 4.40. The van der Waals surface area contributed by atoms with E-state index in [1.807, 2.05) is 17.7 Å². The molecule has 0 aliphatic rings. The molecule has 0 aromatic carbocycles. The summed E-state index contributed by atoms with van der Waals surface area (Å²) in [4.78, 5) is 0. The van der Waals surface area contributed by atoms with Gasteiger partial charge in [-0.25, -0.2) is 4.68 Å². The maximum absolute atomic E-state index is 6.01. The lowest BCUT2D eigenvalue weighted by atomic mass is 10.2. The molecule has 1 rings (SSSR count). The fourth-order valence-corrected chi connectivity index (χ4v) is 1.66. The van der Waals surface area contributed by atoms with Crippen LogP contribution in [0, 0.1) is 6.92 Å². The third-order valence-corrected chi connectivity index (χ3v) is 2.51. The molecule has 0 saturated carbocycles. The van der Waals surface area contributed by atoms with E-state index in [4.69, 9.17) is 5.73 Å². The first kappa shape index (κ1) is 12.6. The highest BCUT2D eigenvalue weighted by atomic mass is 15.3. The lowest BCUT2D eigenvalue weighted by Crippen LogP contribution is -2.18. The molecule has 4 nitrogen and oxygen atoms in total. The van der Waals surface area contributed by atoms with Crippen LogP contribution >= 0.6 is 0 Å². The zero-order valence-electron chi connectivity index (χ0n) is 10.5. The molecule has 0 spiro atoms. The fraction of sp³-hybridized carbons (Fsp3) is 0.583. The van der Waals surface area contributed by atoms with Crippen LogP contribution < -0.4 is 11.1 Å². The lowest BCUT2D eigenvalue weighted by Gasteiger charge is -2.15. The third kappa shape index (κ3) is 2.78. The Morgan fingerprint density at radius 2 is 2.31 bits per heavy atom. The van der Waals surface area contributed by atoms with Crippen molar-refractivity contribution in [2.24, 2.45) is 0 Å². The summed E-state index contributed by atoms with van der Waals surface area (Å²) in [6.07, 6.45) is 3.86. The molecule has 0 bridgehead atoms. The highest BCUT2D eigenvalue weighted by molar-refractivity contribution is 5.65. The number of nitrogens with two attached hydrogens (primary N) is 1. The summed E-state index contributed by atoms with van der Waals surface area (Å²) in [6, 6.07) is 0.325. The zero-order chi connectivity index (χ0) is 12.1. The Hall–Kier alpha value is -1.45. The van der Waals surface area contributed by atoms with Crippen molar-refractivity contribution in [2.75, 3.05) is 11.1 Å². The van der Waals surface area contributed by atoms with Gasteiger partial charge in [0.15, 0.2) is 0 Å². The van der Waals surface area contributed by atoms with Crippen molar-refractivity contribution in [1.82, 2.24) is 9.78 Å². The monoisotopic (exact) mass is 222 g/mol. The van der Waals surface area contributed by atoms with Crippen molar-refractivity contribution in [3.05, 3.63) is 18.3 Å². The van der Waals surface area contributed by atoms with Crippen LogP contribution in [0.5, 0.6) is 0 Å².